The molecule has 0 aromatic carbocycles. The Morgan fingerprint density at radius 3 is 3.07 bits per heavy atom. The molecule has 2 heterocycles. The lowest BCUT2D eigenvalue weighted by molar-refractivity contribution is -0.114. The predicted octanol–water partition coefficient (Wildman–Crippen LogP) is -0.624. The van der Waals surface area contributed by atoms with Crippen LogP contribution in [0.15, 0.2) is 17.3 Å². The topological polar surface area (TPSA) is 92.2 Å². The molecule has 14 heavy (non-hydrogen) atoms. The van der Waals surface area contributed by atoms with Crippen molar-refractivity contribution in [3.8, 4) is 0 Å². The lowest BCUT2D eigenvalue weighted by Gasteiger charge is -1.99. The Labute approximate surface area is 77.8 Å². The second kappa shape index (κ2) is 2.95. The molecule has 0 bridgehead atoms. The number of nitrogens with zero attached hydrogens (tertiary/aromatic N) is 3. The Kier molecular flexibility index (Phi) is 1.77. The van der Waals surface area contributed by atoms with Crippen molar-refractivity contribution in [2.45, 2.75) is 6.92 Å². The van der Waals surface area contributed by atoms with E-state index in [1.54, 1.807) is 0 Å². The van der Waals surface area contributed by atoms with E-state index >= 15 is 0 Å². The fraction of sp³-hybridized carbons (Fsp3) is 0.143. The van der Waals surface area contributed by atoms with Crippen molar-refractivity contribution >= 4 is 17.4 Å². The van der Waals surface area contributed by atoms with E-state index in [4.69, 9.17) is 0 Å². The molecule has 0 saturated carbocycles. The van der Waals surface area contributed by atoms with Crippen LogP contribution in [0.25, 0.3) is 5.78 Å². The first kappa shape index (κ1) is 8.42. The lowest BCUT2D eigenvalue weighted by Crippen LogP contribution is -2.21. The van der Waals surface area contributed by atoms with Gasteiger partial charge < -0.3 is 5.32 Å². The molecule has 7 heteroatoms. The predicted molar refractivity (Wildman–Crippen MR) is 47.9 cm³/mol. The Morgan fingerprint density at radius 1 is 1.57 bits per heavy atom. The Morgan fingerprint density at radius 2 is 2.36 bits per heavy atom. The zero-order valence-corrected chi connectivity index (χ0v) is 7.31. The van der Waals surface area contributed by atoms with Gasteiger partial charge in [0.25, 0.3) is 11.3 Å². The van der Waals surface area contributed by atoms with Crippen LogP contribution < -0.4 is 10.9 Å². The average molecular weight is 193 g/mol. The maximum atomic E-state index is 11.6. The standard InChI is InChI=1S/C7H7N5O2/c1-4(13)11-5-2-8-7-9-3-10-12(7)6(5)14/h2-3H,1H3,(H,11,13)(H,8,9,10). The highest BCUT2D eigenvalue weighted by Crippen LogP contribution is 1.97. The van der Waals surface area contributed by atoms with Gasteiger partial charge >= 0.3 is 0 Å². The third-order valence-electron chi connectivity index (χ3n) is 1.62. The average Bonchev–Trinajstić information content (AvgIpc) is 2.57. The molecule has 0 fully saturated rings. The van der Waals surface area contributed by atoms with Crippen molar-refractivity contribution in [1.29, 1.82) is 0 Å². The van der Waals surface area contributed by atoms with E-state index in [1.807, 2.05) is 0 Å². The van der Waals surface area contributed by atoms with E-state index in [2.05, 4.69) is 20.4 Å². The number of carbonyl (C=O) groups is 1. The van der Waals surface area contributed by atoms with Crippen LogP contribution in [-0.2, 0) is 4.79 Å². The molecule has 2 N–H and O–H groups in total. The summed E-state index contributed by atoms with van der Waals surface area (Å²) in [5, 5.41) is 4.95. The van der Waals surface area contributed by atoms with Crippen molar-refractivity contribution < 1.29 is 4.79 Å². The summed E-state index contributed by atoms with van der Waals surface area (Å²) < 4.78 is 1.14. The molecular formula is C7H7N5O2. The number of carbonyl (C=O) groups excluding carboxylic acids is 1. The van der Waals surface area contributed by atoms with E-state index in [0.717, 1.165) is 4.52 Å². The molecule has 2 aromatic heterocycles. The molecule has 2 aromatic rings. The lowest BCUT2D eigenvalue weighted by atomic mass is 10.5. The maximum absolute atomic E-state index is 11.6. The molecule has 2 rings (SSSR count). The summed E-state index contributed by atoms with van der Waals surface area (Å²) >= 11 is 0. The Bertz CT molecular complexity index is 540. The monoisotopic (exact) mass is 193 g/mol. The van der Waals surface area contributed by atoms with Gasteiger partial charge in [-0.05, 0) is 0 Å². The molecule has 7 nitrogen and oxygen atoms in total. The number of anilines is 1. The first-order valence-electron chi connectivity index (χ1n) is 3.87. The third-order valence-corrected chi connectivity index (χ3v) is 1.62. The normalized spacial score (nSPS) is 10.4. The highest BCUT2D eigenvalue weighted by molar-refractivity contribution is 5.88. The fourth-order valence-electron chi connectivity index (χ4n) is 1.07. The molecule has 0 radical (unpaired) electrons. The van der Waals surface area contributed by atoms with Crippen LogP contribution in [0.2, 0.25) is 0 Å². The smallest absolute Gasteiger partial charge is 0.297 e. The molecule has 1 amide bonds. The van der Waals surface area contributed by atoms with Gasteiger partial charge in [0.15, 0.2) is 0 Å². The number of fused-ring (bicyclic) bond motifs is 1. The summed E-state index contributed by atoms with van der Waals surface area (Å²) in [6.45, 7) is 1.32. The Hall–Kier alpha value is -2.18. The largest absolute Gasteiger partial charge is 0.320 e. The van der Waals surface area contributed by atoms with Gasteiger partial charge in [-0.2, -0.15) is 4.52 Å². The molecule has 0 aliphatic rings. The van der Waals surface area contributed by atoms with Crippen molar-refractivity contribution in [2.75, 3.05) is 5.32 Å². The first-order valence-corrected chi connectivity index (χ1v) is 3.87. The number of amides is 1. The SMILES string of the molecule is CC(=O)Nc1cnc2nc[nH]n2c1=O. The van der Waals surface area contributed by atoms with Gasteiger partial charge in [0, 0.05) is 6.92 Å². The van der Waals surface area contributed by atoms with Gasteiger partial charge in [0.05, 0.1) is 6.20 Å². The van der Waals surface area contributed by atoms with Gasteiger partial charge in [-0.1, -0.05) is 0 Å². The van der Waals surface area contributed by atoms with Gasteiger partial charge in [-0.3, -0.25) is 14.7 Å². The van der Waals surface area contributed by atoms with Crippen molar-refractivity contribution in [2.24, 2.45) is 0 Å². The van der Waals surface area contributed by atoms with Crippen LogP contribution in [0.1, 0.15) is 6.92 Å². The first-order chi connectivity index (χ1) is 6.68. The van der Waals surface area contributed by atoms with E-state index in [1.165, 1.54) is 19.4 Å². The summed E-state index contributed by atoms with van der Waals surface area (Å²) in [6, 6.07) is 0. The highest BCUT2D eigenvalue weighted by Gasteiger charge is 2.06. The molecule has 72 valence electrons. The summed E-state index contributed by atoms with van der Waals surface area (Å²) in [4.78, 5) is 29.9. The fourth-order valence-corrected chi connectivity index (χ4v) is 1.07. The zero-order valence-electron chi connectivity index (χ0n) is 7.31. The molecule has 0 aliphatic carbocycles. The highest BCUT2D eigenvalue weighted by atomic mass is 16.2. The molecule has 0 saturated heterocycles. The van der Waals surface area contributed by atoms with Crippen LogP contribution in [0, 0.1) is 0 Å². The number of rotatable bonds is 1. The molecule has 0 atom stereocenters. The minimum atomic E-state index is -0.386. The van der Waals surface area contributed by atoms with Crippen molar-refractivity contribution in [3.05, 3.63) is 22.9 Å². The van der Waals surface area contributed by atoms with Gasteiger partial charge in [-0.15, -0.1) is 0 Å². The van der Waals surface area contributed by atoms with Crippen LogP contribution in [0.3, 0.4) is 0 Å². The number of hydrogen-bond acceptors (Lipinski definition) is 4. The molecule has 0 spiro atoms. The molecule has 0 unspecified atom stereocenters. The second-order valence-electron chi connectivity index (χ2n) is 2.68. The van der Waals surface area contributed by atoms with Crippen LogP contribution in [-0.4, -0.2) is 25.5 Å². The van der Waals surface area contributed by atoms with E-state index in [0.29, 0.717) is 0 Å². The maximum Gasteiger partial charge on any atom is 0.297 e. The number of aromatic amines is 1. The quantitative estimate of drug-likeness (QED) is 0.631. The number of nitrogens with one attached hydrogen (secondary N) is 2. The number of hydrogen-bond donors (Lipinski definition) is 2. The van der Waals surface area contributed by atoms with E-state index < -0.39 is 0 Å². The Balaban J connectivity index is 2.62. The molecule has 0 aliphatic heterocycles. The van der Waals surface area contributed by atoms with E-state index in [9.17, 15) is 9.59 Å². The summed E-state index contributed by atoms with van der Waals surface area (Å²) in [5.41, 5.74) is -0.262. The van der Waals surface area contributed by atoms with Crippen LogP contribution in [0.5, 0.6) is 0 Å². The van der Waals surface area contributed by atoms with Gasteiger partial charge in [0.1, 0.15) is 12.0 Å². The van der Waals surface area contributed by atoms with Crippen LogP contribution in [0.4, 0.5) is 5.69 Å². The van der Waals surface area contributed by atoms with Gasteiger partial charge in [-0.25, -0.2) is 9.97 Å². The summed E-state index contributed by atoms with van der Waals surface area (Å²) in [6.07, 6.45) is 2.63. The third kappa shape index (κ3) is 1.24. The summed E-state index contributed by atoms with van der Waals surface area (Å²) in [7, 11) is 0. The van der Waals surface area contributed by atoms with Crippen molar-refractivity contribution in [3.63, 3.8) is 0 Å². The van der Waals surface area contributed by atoms with Crippen molar-refractivity contribution in [1.82, 2.24) is 19.6 Å². The minimum Gasteiger partial charge on any atom is -0.320 e. The van der Waals surface area contributed by atoms with Gasteiger partial charge in [0.2, 0.25) is 5.91 Å². The number of aromatic nitrogens is 4. The number of H-pyrrole nitrogens is 1. The summed E-state index contributed by atoms with van der Waals surface area (Å²) in [5.74, 6) is -0.0486. The van der Waals surface area contributed by atoms with Crippen LogP contribution >= 0.6 is 0 Å². The molecular weight excluding hydrogens is 186 g/mol. The zero-order chi connectivity index (χ0) is 10.1. The van der Waals surface area contributed by atoms with E-state index in [-0.39, 0.29) is 22.9 Å². The minimum absolute atomic E-state index is 0.124. The second-order valence-corrected chi connectivity index (χ2v) is 2.68.